The van der Waals surface area contributed by atoms with Crippen LogP contribution in [0, 0.1) is 0 Å². The maximum atomic E-state index is 14.3. The summed E-state index contributed by atoms with van der Waals surface area (Å²) in [5.41, 5.74) is -1.66. The molecule has 3 nitrogen and oxygen atoms in total. The number of halogens is 1. The highest BCUT2D eigenvalue weighted by Crippen LogP contribution is 2.27. The van der Waals surface area contributed by atoms with Crippen molar-refractivity contribution in [2.24, 2.45) is 0 Å². The van der Waals surface area contributed by atoms with E-state index in [0.29, 0.717) is 32.0 Å². The highest BCUT2D eigenvalue weighted by molar-refractivity contribution is 5.85. The van der Waals surface area contributed by atoms with Crippen molar-refractivity contribution in [2.45, 2.75) is 58.3 Å². The summed E-state index contributed by atoms with van der Waals surface area (Å²) in [5, 5.41) is 2.66. The van der Waals surface area contributed by atoms with Gasteiger partial charge in [0.05, 0.1) is 0 Å². The number of nitrogens with one attached hydrogen (secondary N) is 1. The van der Waals surface area contributed by atoms with Gasteiger partial charge in [-0.2, -0.15) is 0 Å². The van der Waals surface area contributed by atoms with Crippen LogP contribution >= 0.6 is 0 Å². The number of nitrogens with zero attached hydrogens (tertiary/aromatic N) is 1. The van der Waals surface area contributed by atoms with Gasteiger partial charge in [0.2, 0.25) is 0 Å². The highest BCUT2D eigenvalue weighted by Gasteiger charge is 2.42. The van der Waals surface area contributed by atoms with E-state index in [-0.39, 0.29) is 6.04 Å². The number of amides is 1. The van der Waals surface area contributed by atoms with E-state index in [2.05, 4.69) is 24.1 Å². The normalized spacial score (nSPS) is 21.4. The van der Waals surface area contributed by atoms with Crippen molar-refractivity contribution in [3.8, 4) is 0 Å². The van der Waals surface area contributed by atoms with E-state index in [1.807, 2.05) is 13.8 Å². The van der Waals surface area contributed by atoms with E-state index in [1.54, 1.807) is 0 Å². The second-order valence-electron chi connectivity index (χ2n) is 5.22. The van der Waals surface area contributed by atoms with Gasteiger partial charge in [0, 0.05) is 38.0 Å². The standard InChI is InChI=1S/C12H23FN2O/c1-9(2)14-11(16)12(13)5-7-15(8-6-12)10(3)4/h9-10H,5-8H2,1-4H3,(H,14,16). The molecule has 0 saturated carbocycles. The SMILES string of the molecule is CC(C)NC(=O)C1(F)CCN(C(C)C)CC1. The van der Waals surface area contributed by atoms with Gasteiger partial charge in [0.1, 0.15) is 0 Å². The third-order valence-electron chi connectivity index (χ3n) is 3.15. The van der Waals surface area contributed by atoms with E-state index in [9.17, 15) is 9.18 Å². The van der Waals surface area contributed by atoms with Crippen LogP contribution in [0.25, 0.3) is 0 Å². The lowest BCUT2D eigenvalue weighted by Gasteiger charge is -2.37. The molecule has 0 aromatic rings. The number of hydrogen-bond donors (Lipinski definition) is 1. The second kappa shape index (κ2) is 5.13. The molecule has 1 aliphatic heterocycles. The van der Waals surface area contributed by atoms with Crippen LogP contribution in [-0.2, 0) is 4.79 Å². The van der Waals surface area contributed by atoms with Crippen LogP contribution in [-0.4, -0.2) is 41.6 Å². The third kappa shape index (κ3) is 3.17. The molecular formula is C12H23FN2O. The first kappa shape index (κ1) is 13.4. The highest BCUT2D eigenvalue weighted by atomic mass is 19.1. The van der Waals surface area contributed by atoms with Crippen LogP contribution in [0.5, 0.6) is 0 Å². The lowest BCUT2D eigenvalue weighted by atomic mass is 9.91. The summed E-state index contributed by atoms with van der Waals surface area (Å²) in [6, 6.07) is 0.431. The predicted octanol–water partition coefficient (Wildman–Crippen LogP) is 1.72. The molecule has 0 unspecified atom stereocenters. The Morgan fingerprint density at radius 1 is 1.25 bits per heavy atom. The molecule has 94 valence electrons. The van der Waals surface area contributed by atoms with Crippen LogP contribution in [0.1, 0.15) is 40.5 Å². The van der Waals surface area contributed by atoms with Gasteiger partial charge in [-0.15, -0.1) is 0 Å². The van der Waals surface area contributed by atoms with Crippen molar-refractivity contribution in [2.75, 3.05) is 13.1 Å². The lowest BCUT2D eigenvalue weighted by Crippen LogP contribution is -2.53. The number of rotatable bonds is 3. The minimum absolute atomic E-state index is 0.00301. The first-order chi connectivity index (χ1) is 7.35. The number of alkyl halides is 1. The number of hydrogen-bond acceptors (Lipinski definition) is 2. The van der Waals surface area contributed by atoms with Crippen LogP contribution in [0.2, 0.25) is 0 Å². The molecule has 4 heteroatoms. The number of likely N-dealkylation sites (tertiary alicyclic amines) is 1. The average molecular weight is 230 g/mol. The van der Waals surface area contributed by atoms with Crippen LogP contribution in [0.3, 0.4) is 0 Å². The zero-order valence-corrected chi connectivity index (χ0v) is 10.7. The Hall–Kier alpha value is -0.640. The van der Waals surface area contributed by atoms with Gasteiger partial charge >= 0.3 is 0 Å². The Balaban J connectivity index is 2.52. The monoisotopic (exact) mass is 230 g/mol. The molecule has 1 heterocycles. The van der Waals surface area contributed by atoms with Gasteiger partial charge < -0.3 is 10.2 Å². The van der Waals surface area contributed by atoms with E-state index in [0.717, 1.165) is 0 Å². The van der Waals surface area contributed by atoms with Crippen molar-refractivity contribution >= 4 is 5.91 Å². The van der Waals surface area contributed by atoms with Crippen LogP contribution in [0.15, 0.2) is 0 Å². The van der Waals surface area contributed by atoms with Gasteiger partial charge in [-0.05, 0) is 27.7 Å². The fraction of sp³-hybridized carbons (Fsp3) is 0.917. The molecule has 0 aromatic heterocycles. The maximum absolute atomic E-state index is 14.3. The molecule has 1 N–H and O–H groups in total. The van der Waals surface area contributed by atoms with Crippen molar-refractivity contribution < 1.29 is 9.18 Å². The smallest absolute Gasteiger partial charge is 0.257 e. The zero-order valence-electron chi connectivity index (χ0n) is 10.7. The molecule has 0 aliphatic carbocycles. The summed E-state index contributed by atoms with van der Waals surface area (Å²) in [5.74, 6) is -0.439. The minimum atomic E-state index is -1.66. The zero-order chi connectivity index (χ0) is 12.3. The van der Waals surface area contributed by atoms with Gasteiger partial charge in [-0.3, -0.25) is 4.79 Å². The molecule has 1 fully saturated rings. The Bertz CT molecular complexity index is 245. The number of carbonyl (C=O) groups is 1. The molecule has 1 saturated heterocycles. The largest absolute Gasteiger partial charge is 0.351 e. The molecule has 1 rings (SSSR count). The first-order valence-corrected chi connectivity index (χ1v) is 6.09. The minimum Gasteiger partial charge on any atom is -0.351 e. The molecule has 0 spiro atoms. The molecule has 0 radical (unpaired) electrons. The second-order valence-corrected chi connectivity index (χ2v) is 5.22. The lowest BCUT2D eigenvalue weighted by molar-refractivity contribution is -0.137. The van der Waals surface area contributed by atoms with Crippen LogP contribution in [0.4, 0.5) is 4.39 Å². The molecule has 1 aliphatic rings. The fourth-order valence-corrected chi connectivity index (χ4v) is 2.01. The van der Waals surface area contributed by atoms with Gasteiger partial charge in [-0.25, -0.2) is 4.39 Å². The topological polar surface area (TPSA) is 32.3 Å². The van der Waals surface area contributed by atoms with Gasteiger partial charge in [-0.1, -0.05) is 0 Å². The van der Waals surface area contributed by atoms with E-state index >= 15 is 0 Å². The summed E-state index contributed by atoms with van der Waals surface area (Å²) >= 11 is 0. The summed E-state index contributed by atoms with van der Waals surface area (Å²) in [4.78, 5) is 13.9. The third-order valence-corrected chi connectivity index (χ3v) is 3.15. The van der Waals surface area contributed by atoms with Crippen molar-refractivity contribution in [3.05, 3.63) is 0 Å². The number of piperidine rings is 1. The fourth-order valence-electron chi connectivity index (χ4n) is 2.01. The molecule has 0 atom stereocenters. The summed E-state index contributed by atoms with van der Waals surface area (Å²) < 4.78 is 14.3. The Kier molecular flexibility index (Phi) is 4.30. The Labute approximate surface area is 97.4 Å². The van der Waals surface area contributed by atoms with E-state index in [1.165, 1.54) is 0 Å². The quantitative estimate of drug-likeness (QED) is 0.800. The Morgan fingerprint density at radius 2 is 1.75 bits per heavy atom. The molecule has 0 bridgehead atoms. The van der Waals surface area contributed by atoms with Crippen molar-refractivity contribution in [1.82, 2.24) is 10.2 Å². The summed E-state index contributed by atoms with van der Waals surface area (Å²) in [7, 11) is 0. The van der Waals surface area contributed by atoms with Crippen LogP contribution < -0.4 is 5.32 Å². The first-order valence-electron chi connectivity index (χ1n) is 6.09. The summed E-state index contributed by atoms with van der Waals surface area (Å²) in [6.07, 6.45) is 0.619. The van der Waals surface area contributed by atoms with E-state index in [4.69, 9.17) is 0 Å². The molecular weight excluding hydrogens is 207 g/mol. The predicted molar refractivity (Wildman–Crippen MR) is 63.1 cm³/mol. The molecule has 16 heavy (non-hydrogen) atoms. The van der Waals surface area contributed by atoms with Gasteiger partial charge in [0.25, 0.3) is 5.91 Å². The summed E-state index contributed by atoms with van der Waals surface area (Å²) in [6.45, 7) is 9.23. The molecule has 0 aromatic carbocycles. The van der Waals surface area contributed by atoms with Gasteiger partial charge in [0.15, 0.2) is 5.67 Å². The average Bonchev–Trinajstić information content (AvgIpc) is 2.17. The number of carbonyl (C=O) groups excluding carboxylic acids is 1. The molecule has 1 amide bonds. The maximum Gasteiger partial charge on any atom is 0.257 e. The van der Waals surface area contributed by atoms with Crippen molar-refractivity contribution in [1.29, 1.82) is 0 Å². The Morgan fingerprint density at radius 3 is 2.12 bits per heavy atom. The van der Waals surface area contributed by atoms with E-state index < -0.39 is 11.6 Å². The van der Waals surface area contributed by atoms with Crippen molar-refractivity contribution in [3.63, 3.8) is 0 Å².